The van der Waals surface area contributed by atoms with Gasteiger partial charge in [0.15, 0.2) is 0 Å². The number of aryl methyl sites for hydroxylation is 2. The number of rotatable bonds is 7. The molecule has 2 heterocycles. The summed E-state index contributed by atoms with van der Waals surface area (Å²) in [5.74, 6) is -5.29. The smallest absolute Gasteiger partial charge is 0.394 e. The van der Waals surface area contributed by atoms with Crippen LogP contribution < -0.4 is 4.74 Å². The molecule has 0 radical (unpaired) electrons. The summed E-state index contributed by atoms with van der Waals surface area (Å²) < 4.78 is 74.3. The lowest BCUT2D eigenvalue weighted by atomic mass is 9.83. The number of benzene rings is 2. The molecule has 0 amide bonds. The zero-order chi connectivity index (χ0) is 51.8. The largest absolute Gasteiger partial charge is 0.508 e. The highest BCUT2D eigenvalue weighted by Gasteiger charge is 2.58. The van der Waals surface area contributed by atoms with Gasteiger partial charge in [-0.05, 0) is 77.0 Å². The Kier molecular flexibility index (Phi) is 22.2. The summed E-state index contributed by atoms with van der Waals surface area (Å²) in [5, 5.41) is 9.64. The van der Waals surface area contributed by atoms with Crippen molar-refractivity contribution in [2.45, 2.75) is 73.5 Å². The van der Waals surface area contributed by atoms with Gasteiger partial charge in [0.25, 0.3) is 0 Å². The first-order chi connectivity index (χ1) is 30.3. The van der Waals surface area contributed by atoms with Crippen LogP contribution in [0.1, 0.15) is 98.3 Å². The van der Waals surface area contributed by atoms with Crippen molar-refractivity contribution in [1.29, 1.82) is 0 Å². The monoisotopic (exact) mass is 956 g/mol. The van der Waals surface area contributed by atoms with E-state index in [1.807, 2.05) is 0 Å². The Morgan fingerprint density at radius 3 is 1.11 bits per heavy atom. The van der Waals surface area contributed by atoms with E-state index in [-0.39, 0.29) is 44.9 Å². The van der Waals surface area contributed by atoms with Crippen molar-refractivity contribution in [1.82, 2.24) is 0 Å². The number of aromatic hydroxyl groups is 1. The second-order valence-corrected chi connectivity index (χ2v) is 14.5. The molecule has 2 bridgehead atoms. The van der Waals surface area contributed by atoms with E-state index >= 15 is 0 Å². The number of hydrogen-bond acceptors (Lipinski definition) is 21. The van der Waals surface area contributed by atoms with E-state index in [2.05, 4.69) is 23.7 Å². The van der Waals surface area contributed by atoms with Gasteiger partial charge >= 0.3 is 64.1 Å². The first-order valence-electron chi connectivity index (χ1n) is 18.5. The van der Waals surface area contributed by atoms with Crippen LogP contribution in [0.3, 0.4) is 0 Å². The first kappa shape index (κ1) is 59.0. The summed E-state index contributed by atoms with van der Waals surface area (Å²) in [4.78, 5) is 101. The van der Waals surface area contributed by atoms with Crippen LogP contribution in [0, 0.1) is 27.7 Å². The van der Waals surface area contributed by atoms with Crippen molar-refractivity contribution in [2.75, 3.05) is 42.7 Å². The molecule has 2 aliphatic rings. The molecule has 2 atom stereocenters. The van der Waals surface area contributed by atoms with Gasteiger partial charge in [0.05, 0.1) is 76.1 Å². The zero-order valence-electron chi connectivity index (χ0n) is 38.7. The van der Waals surface area contributed by atoms with E-state index in [1.165, 1.54) is 82.5 Å². The van der Waals surface area contributed by atoms with Crippen LogP contribution in [0.2, 0.25) is 0 Å². The summed E-state index contributed by atoms with van der Waals surface area (Å²) in [5.41, 5.74) is 0.473. The molecule has 364 valence electrons. The molecule has 3 N–H and O–H groups in total. The Morgan fingerprint density at radius 2 is 0.818 bits per heavy atom. The SMILES string of the molecule is CC(=O)OC(C)=O.COC(=O)C1=C(C(=O)OC)[C@]2(C)C=C[C@@]1(C)O2.COC(=O)c1c(C)cc(O)c(C)c1C(=O)OC.COC(=O)c1c(C)cc(OC(C)=O)c(C)c1C(=O)OC.O=S(=O)(O)O. The average molecular weight is 957 g/mol. The molecular weight excluding hydrogens is 905 g/mol. The van der Waals surface area contributed by atoms with Crippen molar-refractivity contribution in [3.8, 4) is 11.5 Å². The fourth-order valence-electron chi connectivity index (χ4n) is 6.10. The molecule has 0 saturated carbocycles. The molecule has 66 heavy (non-hydrogen) atoms. The normalized spacial score (nSPS) is 16.0. The molecule has 2 aromatic carbocycles. The maximum absolute atomic E-state index is 11.9. The van der Waals surface area contributed by atoms with Crippen LogP contribution in [0.4, 0.5) is 0 Å². The lowest BCUT2D eigenvalue weighted by Crippen LogP contribution is -2.29. The maximum Gasteiger partial charge on any atom is 0.394 e. The number of phenolic OH excluding ortho intramolecular Hbond substituents is 1. The quantitative estimate of drug-likeness (QED) is 0.0891. The number of carbonyl (C=O) groups is 9. The minimum atomic E-state index is -4.67. The van der Waals surface area contributed by atoms with Gasteiger partial charge in [-0.3, -0.25) is 23.5 Å². The first-order valence-corrected chi connectivity index (χ1v) is 19.9. The standard InChI is InChI=1S/C14H16O6.2C12H14O5.C4H6O3.H2O4S/c1-7-6-10(20-9(3)15)8(2)12(14(17)19-5)11(7)13(16)18-4;1-11-5-6-12(2,17-11)8(10(14)16-4)7(11)9(13)15-3;1-6-5-8(13)7(2)10(12(15)17-4)9(6)11(14)16-3;1-3(5)7-4(2)6;1-5(2,3)4/h6H,1-5H3;5-6H,1-4H3;5,13H,1-4H3;1-2H3;(H2,1,2,3,4)/t;11-,12+;;;. The highest BCUT2D eigenvalue weighted by Crippen LogP contribution is 2.50. The summed E-state index contributed by atoms with van der Waals surface area (Å²) in [6.07, 6.45) is 3.51. The van der Waals surface area contributed by atoms with Gasteiger partial charge in [-0.25, -0.2) is 28.8 Å². The van der Waals surface area contributed by atoms with Gasteiger partial charge in [-0.2, -0.15) is 8.42 Å². The molecule has 0 aromatic heterocycles. The number of hydrogen-bond donors (Lipinski definition) is 3. The van der Waals surface area contributed by atoms with Crippen LogP contribution in [0.25, 0.3) is 0 Å². The topological polar surface area (TPSA) is 332 Å². The van der Waals surface area contributed by atoms with Crippen molar-refractivity contribution >= 4 is 64.1 Å². The minimum Gasteiger partial charge on any atom is -0.508 e. The fourth-order valence-corrected chi connectivity index (χ4v) is 6.10. The van der Waals surface area contributed by atoms with Crippen molar-refractivity contribution < 1.29 is 108 Å². The Hall–Kier alpha value is -7.02. The third-order valence-electron chi connectivity index (χ3n) is 8.76. The predicted octanol–water partition coefficient (Wildman–Crippen LogP) is 3.57. The van der Waals surface area contributed by atoms with Crippen molar-refractivity contribution in [3.63, 3.8) is 0 Å². The average Bonchev–Trinajstić information content (AvgIpc) is 3.66. The number of fused-ring (bicyclic) bond motifs is 2. The summed E-state index contributed by atoms with van der Waals surface area (Å²) >= 11 is 0. The Labute approximate surface area is 379 Å². The van der Waals surface area contributed by atoms with Gasteiger partial charge in [0.2, 0.25) is 0 Å². The van der Waals surface area contributed by atoms with Crippen LogP contribution in [0.5, 0.6) is 11.5 Å². The molecule has 0 aliphatic carbocycles. The maximum atomic E-state index is 11.9. The highest BCUT2D eigenvalue weighted by molar-refractivity contribution is 7.79. The van der Waals surface area contributed by atoms with Gasteiger partial charge in [0.1, 0.15) is 22.7 Å². The summed E-state index contributed by atoms with van der Waals surface area (Å²) in [6.45, 7) is 13.4. The minimum absolute atomic E-state index is 0.0376. The van der Waals surface area contributed by atoms with E-state index in [4.69, 9.17) is 36.5 Å². The second kappa shape index (κ2) is 24.9. The number of phenols is 1. The van der Waals surface area contributed by atoms with E-state index in [0.717, 1.165) is 0 Å². The molecular formula is C42H52O23S. The number of methoxy groups -OCH3 is 6. The van der Waals surface area contributed by atoms with Gasteiger partial charge in [-0.1, -0.05) is 0 Å². The summed E-state index contributed by atoms with van der Waals surface area (Å²) in [6, 6.07) is 2.92. The molecule has 0 saturated heterocycles. The highest BCUT2D eigenvalue weighted by atomic mass is 32.3. The van der Waals surface area contributed by atoms with E-state index in [0.29, 0.717) is 22.3 Å². The molecule has 0 fully saturated rings. The Bertz CT molecular complexity index is 2370. The zero-order valence-corrected chi connectivity index (χ0v) is 39.5. The molecule has 2 aliphatic heterocycles. The third-order valence-corrected chi connectivity index (χ3v) is 8.76. The van der Waals surface area contributed by atoms with Crippen LogP contribution in [-0.4, -0.2) is 130 Å². The molecule has 0 spiro atoms. The second-order valence-electron chi connectivity index (χ2n) is 13.6. The molecule has 2 aromatic rings. The third kappa shape index (κ3) is 15.9. The van der Waals surface area contributed by atoms with Crippen molar-refractivity contribution in [2.24, 2.45) is 0 Å². The van der Waals surface area contributed by atoms with E-state index in [1.54, 1.807) is 46.8 Å². The molecule has 4 rings (SSSR count). The van der Waals surface area contributed by atoms with Crippen LogP contribution in [-0.2, 0) is 72.3 Å². The Morgan fingerprint density at radius 1 is 0.515 bits per heavy atom. The van der Waals surface area contributed by atoms with Gasteiger partial charge in [0, 0.05) is 31.9 Å². The van der Waals surface area contributed by atoms with Gasteiger partial charge in [-0.15, -0.1) is 0 Å². The van der Waals surface area contributed by atoms with Gasteiger partial charge < -0.3 is 47.7 Å². The lowest BCUT2D eigenvalue weighted by Gasteiger charge is -2.20. The van der Waals surface area contributed by atoms with E-state index in [9.17, 15) is 48.3 Å². The Balaban J connectivity index is 0.000000856. The predicted molar refractivity (Wildman–Crippen MR) is 225 cm³/mol. The number of carbonyl (C=O) groups excluding carboxylic acids is 9. The fraction of sp³-hybridized carbons (Fsp3) is 0.405. The van der Waals surface area contributed by atoms with E-state index < -0.39 is 75.3 Å². The van der Waals surface area contributed by atoms with Crippen LogP contribution >= 0.6 is 0 Å². The lowest BCUT2D eigenvalue weighted by molar-refractivity contribution is -0.156. The summed E-state index contributed by atoms with van der Waals surface area (Å²) in [7, 11) is 2.74. The molecule has 0 unspecified atom stereocenters. The number of ether oxygens (including phenoxy) is 9. The van der Waals surface area contributed by atoms with Crippen LogP contribution in [0.15, 0.2) is 35.4 Å². The van der Waals surface area contributed by atoms with Crippen molar-refractivity contribution in [3.05, 3.63) is 79.9 Å². The molecule has 24 heteroatoms. The number of esters is 9. The molecule has 23 nitrogen and oxygen atoms in total.